The molecule has 7 rings (SSSR count). The molecule has 7 aromatic rings. The van der Waals surface area contributed by atoms with Gasteiger partial charge in [0.1, 0.15) is 6.15 Å². The maximum atomic E-state index is 14.2. The van der Waals surface area contributed by atoms with Crippen molar-refractivity contribution < 1.29 is 115 Å². The predicted molar refractivity (Wildman–Crippen MR) is 230 cm³/mol. The van der Waals surface area contributed by atoms with Crippen LogP contribution in [0.15, 0.2) is 144 Å². The third-order valence-corrected chi connectivity index (χ3v) is 12.3. The topological polar surface area (TPSA) is 20.9 Å². The summed E-state index contributed by atoms with van der Waals surface area (Å²) in [5, 5.41) is 2.05. The van der Waals surface area contributed by atoms with Crippen molar-refractivity contribution in [2.24, 2.45) is 0 Å². The highest BCUT2D eigenvalue weighted by molar-refractivity contribution is 7.20. The minimum atomic E-state index is -6.13. The van der Waals surface area contributed by atoms with E-state index in [4.69, 9.17) is 0 Å². The second kappa shape index (κ2) is 20.8. The molecular formula is C49H26BF24NOS. The van der Waals surface area contributed by atoms with Gasteiger partial charge >= 0.3 is 49.4 Å². The number of aromatic nitrogens is 1. The van der Waals surface area contributed by atoms with Gasteiger partial charge < -0.3 is 0 Å². The van der Waals surface area contributed by atoms with Crippen molar-refractivity contribution in [1.29, 1.82) is 0 Å². The largest absolute Gasteiger partial charge is 0.416 e. The van der Waals surface area contributed by atoms with E-state index in [-0.39, 0.29) is 5.78 Å². The van der Waals surface area contributed by atoms with E-state index in [2.05, 4.69) is 10.1 Å². The van der Waals surface area contributed by atoms with Gasteiger partial charge in [-0.2, -0.15) is 132 Å². The lowest BCUT2D eigenvalue weighted by Crippen LogP contribution is -2.75. The number of carbonyl (C=O) groups excluding carboxylic acids is 1. The molecule has 0 fully saturated rings. The number of nitrogens with zero attached hydrogens (tertiary/aromatic N) is 1. The van der Waals surface area contributed by atoms with Crippen molar-refractivity contribution in [2.75, 3.05) is 0 Å². The molecule has 0 unspecified atom stereocenters. The second-order valence-corrected chi connectivity index (χ2v) is 17.6. The summed E-state index contributed by atoms with van der Waals surface area (Å²) < 4.78 is 343. The Morgan fingerprint density at radius 2 is 0.623 bits per heavy atom. The quantitative estimate of drug-likeness (QED) is 0.0643. The maximum Gasteiger partial charge on any atom is 0.416 e. The molecule has 0 saturated heterocycles. The lowest BCUT2D eigenvalue weighted by molar-refractivity contribution is -0.683. The van der Waals surface area contributed by atoms with Gasteiger partial charge in [0.15, 0.2) is 18.5 Å². The van der Waals surface area contributed by atoms with Crippen molar-refractivity contribution in [2.45, 2.75) is 56.0 Å². The van der Waals surface area contributed by atoms with Gasteiger partial charge in [-0.25, -0.2) is 0 Å². The fourth-order valence-electron chi connectivity index (χ4n) is 8.15. The summed E-state index contributed by atoms with van der Waals surface area (Å²) in [6.07, 6.45) is -52.8. The molecule has 77 heavy (non-hydrogen) atoms. The van der Waals surface area contributed by atoms with E-state index in [0.29, 0.717) is 0 Å². The van der Waals surface area contributed by atoms with E-state index >= 15 is 0 Å². The van der Waals surface area contributed by atoms with E-state index < -0.39 is 195 Å². The molecule has 6 aromatic carbocycles. The minimum Gasteiger partial charge on any atom is -0.289 e. The summed E-state index contributed by atoms with van der Waals surface area (Å²) in [7, 11) is 0. The van der Waals surface area contributed by atoms with Crippen LogP contribution in [0.25, 0.3) is 0 Å². The molecule has 28 heteroatoms. The van der Waals surface area contributed by atoms with Crippen LogP contribution in [-0.2, 0) is 56.0 Å². The Labute approximate surface area is 420 Å². The fourth-order valence-corrected chi connectivity index (χ4v) is 8.75. The molecule has 410 valence electrons. The zero-order valence-electron chi connectivity index (χ0n) is 37.5. The van der Waals surface area contributed by atoms with Crippen LogP contribution in [0.3, 0.4) is 0 Å². The van der Waals surface area contributed by atoms with Crippen LogP contribution in [0, 0.1) is 0 Å². The van der Waals surface area contributed by atoms with E-state index in [1.165, 1.54) is 5.56 Å². The Kier molecular flexibility index (Phi) is 16.0. The molecular weight excluding hydrogens is 1120 g/mol. The first-order chi connectivity index (χ1) is 35.1. The number of rotatable bonds is 8. The Morgan fingerprint density at radius 1 is 0.364 bits per heavy atom. The normalized spacial score (nSPS) is 13.3. The zero-order valence-corrected chi connectivity index (χ0v) is 38.3. The van der Waals surface area contributed by atoms with Gasteiger partial charge in [-0.05, 0) is 24.3 Å². The number of hydrogen-bond donors (Lipinski definition) is 0. The van der Waals surface area contributed by atoms with Gasteiger partial charge in [-0.3, -0.25) is 4.79 Å². The summed E-state index contributed by atoms with van der Waals surface area (Å²) >= 11 is 1.67. The summed E-state index contributed by atoms with van der Waals surface area (Å²) in [5.41, 5.74) is -25.5. The van der Waals surface area contributed by atoms with Crippen molar-refractivity contribution in [3.63, 3.8) is 0 Å². The second-order valence-electron chi connectivity index (χ2n) is 16.8. The fraction of sp³-hybridized carbons (Fsp3) is 0.184. The average molecular weight is 1140 g/mol. The van der Waals surface area contributed by atoms with Crippen molar-refractivity contribution >= 4 is 45.1 Å². The van der Waals surface area contributed by atoms with Gasteiger partial charge in [0.2, 0.25) is 5.51 Å². The van der Waals surface area contributed by atoms with Crippen molar-refractivity contribution in [3.8, 4) is 0 Å². The molecule has 0 saturated carbocycles. The predicted octanol–water partition coefficient (Wildman–Crippen LogP) is 14.5. The van der Waals surface area contributed by atoms with Gasteiger partial charge in [-0.15, -0.1) is 0 Å². The Bertz CT molecular complexity index is 2780. The monoisotopic (exact) mass is 1140 g/mol. The highest BCUT2D eigenvalue weighted by atomic mass is 32.1. The minimum absolute atomic E-state index is 0.0698. The maximum absolute atomic E-state index is 14.2. The number of hydrogen-bond acceptors (Lipinski definition) is 2. The molecule has 0 amide bonds. The number of ketones is 1. The lowest BCUT2D eigenvalue weighted by atomic mass is 9.12. The van der Waals surface area contributed by atoms with Gasteiger partial charge in [-0.1, -0.05) is 114 Å². The van der Waals surface area contributed by atoms with E-state index in [1.54, 1.807) is 11.3 Å². The molecule has 0 radical (unpaired) electrons. The summed E-state index contributed by atoms with van der Waals surface area (Å²) in [6.45, 7) is 0.837. The van der Waals surface area contributed by atoms with E-state index in [1.807, 2.05) is 66.2 Å². The zero-order chi connectivity index (χ0) is 57.7. The van der Waals surface area contributed by atoms with Crippen LogP contribution >= 0.6 is 11.3 Å². The first-order valence-electron chi connectivity index (χ1n) is 21.0. The van der Waals surface area contributed by atoms with Crippen LogP contribution in [0.1, 0.15) is 66.0 Å². The highest BCUT2D eigenvalue weighted by Gasteiger charge is 2.47. The van der Waals surface area contributed by atoms with Crippen LogP contribution in [-0.4, -0.2) is 11.9 Å². The lowest BCUT2D eigenvalue weighted by Gasteiger charge is -2.46. The molecule has 0 aliphatic carbocycles. The highest BCUT2D eigenvalue weighted by Crippen LogP contribution is 2.41. The SMILES string of the molecule is FC(F)(F)c1cc([B-](c2cc(C(F)(F)F)cc(C(F)(F)F)c2)(c2cc(C(F)(F)F)cc(C(F)(F)F)c2)c2cc(C(F)(F)F)cc(C(F)(F)F)c2)cc(C(F)(F)F)c1.O=C(c1ccccc1)c1ccc(C[n+]2ccsc2)cc1. The molecule has 1 heterocycles. The van der Waals surface area contributed by atoms with Crippen LogP contribution in [0.5, 0.6) is 0 Å². The average Bonchev–Trinajstić information content (AvgIpc) is 3.83. The van der Waals surface area contributed by atoms with E-state index in [0.717, 1.165) is 17.7 Å². The molecule has 1 aromatic heterocycles. The molecule has 0 atom stereocenters. The molecule has 0 aliphatic rings. The number of carbonyl (C=O) groups is 1. The summed E-state index contributed by atoms with van der Waals surface area (Å²) in [5.74, 6) is 0.0698. The first-order valence-corrected chi connectivity index (χ1v) is 22.0. The van der Waals surface area contributed by atoms with Crippen LogP contribution in [0.4, 0.5) is 105 Å². The third kappa shape index (κ3) is 13.8. The Morgan fingerprint density at radius 3 is 0.857 bits per heavy atom. The Hall–Kier alpha value is -7.00. The molecule has 0 aliphatic heterocycles. The summed E-state index contributed by atoms with van der Waals surface area (Å²) in [4.78, 5) is 12.3. The molecule has 0 bridgehead atoms. The number of benzene rings is 6. The third-order valence-electron chi connectivity index (χ3n) is 11.6. The van der Waals surface area contributed by atoms with Gasteiger partial charge in [0.05, 0.1) is 49.9 Å². The Balaban J connectivity index is 0.000000397. The number of halogens is 24. The van der Waals surface area contributed by atoms with E-state index in [9.17, 15) is 110 Å². The smallest absolute Gasteiger partial charge is 0.289 e. The first kappa shape index (κ1) is 59.3. The standard InChI is InChI=1S/C32H12BF24.C17H14NOS/c34-25(35,36)13-1-14(26(37,38)39)6-21(5-13)33(22-7-15(27(40,41)42)2-16(8-22)28(43,44)45,23-9-17(29(46,47)48)3-18(10-23)30(49,50)51)24-11-19(31(52,53)54)4-20(12-24)32(55,56)57;19-17(15-4-2-1-3-5-15)16-8-6-14(7-9-16)12-18-10-11-20-13-18/h1-12H;1-11,13H,12H2/q-1;+1. The molecule has 2 nitrogen and oxygen atoms in total. The summed E-state index contributed by atoms with van der Waals surface area (Å²) in [6, 6.07) is 8.39. The molecule has 0 N–H and O–H groups in total. The number of alkyl halides is 24. The van der Waals surface area contributed by atoms with Crippen molar-refractivity contribution in [1.82, 2.24) is 0 Å². The van der Waals surface area contributed by atoms with Gasteiger partial charge in [0, 0.05) is 16.7 Å². The van der Waals surface area contributed by atoms with Crippen molar-refractivity contribution in [3.05, 3.63) is 206 Å². The number of thiazole rings is 1. The van der Waals surface area contributed by atoms with Gasteiger partial charge in [0.25, 0.3) is 0 Å². The van der Waals surface area contributed by atoms with Crippen LogP contribution < -0.4 is 26.4 Å². The van der Waals surface area contributed by atoms with Crippen LogP contribution in [0.2, 0.25) is 0 Å². The molecule has 0 spiro atoms.